The molecule has 0 saturated heterocycles. The van der Waals surface area contributed by atoms with Crippen LogP contribution in [0.3, 0.4) is 0 Å². The highest BCUT2D eigenvalue weighted by atomic mass is 15.0. The zero-order valence-corrected chi connectivity index (χ0v) is 11.6. The van der Waals surface area contributed by atoms with Crippen molar-refractivity contribution in [1.29, 1.82) is 0 Å². The fraction of sp³-hybridized carbons (Fsp3) is 1.00. The van der Waals surface area contributed by atoms with E-state index in [0.717, 1.165) is 41.4 Å². The summed E-state index contributed by atoms with van der Waals surface area (Å²) in [4.78, 5) is 0. The molecule has 5 aliphatic rings. The van der Waals surface area contributed by atoms with E-state index in [4.69, 9.17) is 0 Å². The molecule has 8 atom stereocenters. The third-order valence-corrected chi connectivity index (χ3v) is 7.37. The molecule has 96 valence electrons. The number of rotatable bonds is 1. The van der Waals surface area contributed by atoms with Crippen molar-refractivity contribution in [3.05, 3.63) is 0 Å². The van der Waals surface area contributed by atoms with Gasteiger partial charge in [0.1, 0.15) is 0 Å². The van der Waals surface area contributed by atoms with Crippen LogP contribution in [-0.4, -0.2) is 12.6 Å². The van der Waals surface area contributed by atoms with Gasteiger partial charge in [-0.05, 0) is 80.6 Å². The molecular formula is C16H27N. The summed E-state index contributed by atoms with van der Waals surface area (Å²) < 4.78 is 0. The Kier molecular flexibility index (Phi) is 2.10. The minimum absolute atomic E-state index is 0.529. The van der Waals surface area contributed by atoms with Crippen LogP contribution in [-0.2, 0) is 0 Å². The number of hydrogen-bond donors (Lipinski definition) is 1. The molecule has 6 bridgehead atoms. The van der Waals surface area contributed by atoms with Gasteiger partial charge in [-0.25, -0.2) is 0 Å². The van der Waals surface area contributed by atoms with Gasteiger partial charge in [0.25, 0.3) is 0 Å². The summed E-state index contributed by atoms with van der Waals surface area (Å²) in [5, 5.41) is 3.84. The molecule has 0 amide bonds. The molecule has 0 aromatic rings. The van der Waals surface area contributed by atoms with Crippen molar-refractivity contribution < 1.29 is 0 Å². The highest BCUT2D eigenvalue weighted by Crippen LogP contribution is 2.67. The molecule has 17 heavy (non-hydrogen) atoms. The van der Waals surface area contributed by atoms with Crippen molar-refractivity contribution in [3.8, 4) is 0 Å². The third kappa shape index (κ3) is 1.15. The van der Waals surface area contributed by atoms with E-state index in [1.165, 1.54) is 12.8 Å². The summed E-state index contributed by atoms with van der Waals surface area (Å²) in [6.07, 6.45) is 7.68. The molecule has 0 spiro atoms. The second-order valence-corrected chi connectivity index (χ2v) is 7.80. The lowest BCUT2D eigenvalue weighted by Gasteiger charge is -2.70. The Balaban J connectivity index is 1.81. The summed E-state index contributed by atoms with van der Waals surface area (Å²) in [5.41, 5.74) is 0.529. The van der Waals surface area contributed by atoms with Gasteiger partial charge in [0.05, 0.1) is 0 Å². The molecule has 0 radical (unpaired) electrons. The van der Waals surface area contributed by atoms with E-state index < -0.39 is 0 Å². The molecule has 1 N–H and O–H groups in total. The van der Waals surface area contributed by atoms with Crippen LogP contribution in [0.1, 0.15) is 46.0 Å². The van der Waals surface area contributed by atoms with Crippen molar-refractivity contribution in [2.24, 2.45) is 41.4 Å². The standard InChI is InChI=1S/C16H27N/c1-9-4-13-12-6-11-7-14(13)15(5-9)16(8-11,17-3)10(12)2/h9-15,17H,4-8H2,1-3H3/t9?,10?,11-,12?,13?,14?,15?,16?/m1/s1. The quantitative estimate of drug-likeness (QED) is 0.733. The topological polar surface area (TPSA) is 12.0 Å². The van der Waals surface area contributed by atoms with Gasteiger partial charge in [-0.2, -0.15) is 0 Å². The van der Waals surface area contributed by atoms with Crippen molar-refractivity contribution in [1.82, 2.24) is 5.32 Å². The Morgan fingerprint density at radius 1 is 0.941 bits per heavy atom. The van der Waals surface area contributed by atoms with Crippen molar-refractivity contribution in [3.63, 3.8) is 0 Å². The minimum Gasteiger partial charge on any atom is -0.314 e. The minimum atomic E-state index is 0.529. The second kappa shape index (κ2) is 3.29. The fourth-order valence-electron chi connectivity index (χ4n) is 6.90. The van der Waals surface area contributed by atoms with Gasteiger partial charge < -0.3 is 5.32 Å². The first-order chi connectivity index (χ1) is 8.15. The molecule has 5 rings (SSSR count). The van der Waals surface area contributed by atoms with Gasteiger partial charge in [-0.15, -0.1) is 0 Å². The van der Waals surface area contributed by atoms with Crippen molar-refractivity contribution >= 4 is 0 Å². The first-order valence-corrected chi connectivity index (χ1v) is 7.84. The summed E-state index contributed by atoms with van der Waals surface area (Å²) in [7, 11) is 2.25. The first kappa shape index (κ1) is 10.8. The van der Waals surface area contributed by atoms with Crippen LogP contribution in [0.5, 0.6) is 0 Å². The van der Waals surface area contributed by atoms with Crippen molar-refractivity contribution in [2.45, 2.75) is 51.5 Å². The lowest BCUT2D eigenvalue weighted by Crippen LogP contribution is -2.71. The molecule has 1 heteroatoms. The molecular weight excluding hydrogens is 206 g/mol. The van der Waals surface area contributed by atoms with E-state index >= 15 is 0 Å². The Bertz CT molecular complexity index is 328. The van der Waals surface area contributed by atoms with Crippen LogP contribution in [0.2, 0.25) is 0 Å². The van der Waals surface area contributed by atoms with Gasteiger partial charge in [0.2, 0.25) is 0 Å². The van der Waals surface area contributed by atoms with Gasteiger partial charge in [-0.1, -0.05) is 13.8 Å². The van der Waals surface area contributed by atoms with E-state index in [-0.39, 0.29) is 0 Å². The number of hydrogen-bond acceptors (Lipinski definition) is 1. The maximum atomic E-state index is 3.84. The van der Waals surface area contributed by atoms with E-state index in [9.17, 15) is 0 Å². The van der Waals surface area contributed by atoms with Gasteiger partial charge in [0.15, 0.2) is 0 Å². The van der Waals surface area contributed by atoms with E-state index in [0.29, 0.717) is 5.54 Å². The molecule has 1 nitrogen and oxygen atoms in total. The predicted octanol–water partition coefficient (Wildman–Crippen LogP) is 3.30. The van der Waals surface area contributed by atoms with Crippen LogP contribution in [0, 0.1) is 41.4 Å². The van der Waals surface area contributed by atoms with Gasteiger partial charge in [0, 0.05) is 5.54 Å². The summed E-state index contributed by atoms with van der Waals surface area (Å²) in [6, 6.07) is 0. The zero-order valence-electron chi connectivity index (χ0n) is 11.6. The van der Waals surface area contributed by atoms with Crippen LogP contribution < -0.4 is 5.32 Å². The lowest BCUT2D eigenvalue weighted by molar-refractivity contribution is -0.179. The highest BCUT2D eigenvalue weighted by Gasteiger charge is 2.64. The molecule has 0 heterocycles. The third-order valence-electron chi connectivity index (χ3n) is 7.37. The first-order valence-electron chi connectivity index (χ1n) is 7.84. The summed E-state index contributed by atoms with van der Waals surface area (Å²) in [6.45, 7) is 5.07. The summed E-state index contributed by atoms with van der Waals surface area (Å²) in [5.74, 6) is 7.23. The average Bonchev–Trinajstić information content (AvgIpc) is 2.33. The Labute approximate surface area is 106 Å². The Morgan fingerprint density at radius 2 is 1.71 bits per heavy atom. The monoisotopic (exact) mass is 233 g/mol. The largest absolute Gasteiger partial charge is 0.314 e. The predicted molar refractivity (Wildman–Crippen MR) is 70.7 cm³/mol. The second-order valence-electron chi connectivity index (χ2n) is 7.80. The molecule has 7 unspecified atom stereocenters. The maximum absolute atomic E-state index is 3.84. The van der Waals surface area contributed by atoms with Crippen LogP contribution in [0.4, 0.5) is 0 Å². The SMILES string of the molecule is CNC12C[C@@H]3CC(C4CC(C)CC1C4C3)C2C. The smallest absolute Gasteiger partial charge is 0.0240 e. The normalized spacial score (nSPS) is 64.1. The van der Waals surface area contributed by atoms with Gasteiger partial charge >= 0.3 is 0 Å². The highest BCUT2D eigenvalue weighted by molar-refractivity contribution is 5.17. The Morgan fingerprint density at radius 3 is 2.47 bits per heavy atom. The van der Waals surface area contributed by atoms with E-state index in [2.05, 4.69) is 26.2 Å². The number of nitrogens with one attached hydrogen (secondary N) is 1. The van der Waals surface area contributed by atoms with Crippen LogP contribution >= 0.6 is 0 Å². The van der Waals surface area contributed by atoms with E-state index in [1.54, 1.807) is 19.3 Å². The fourth-order valence-corrected chi connectivity index (χ4v) is 6.90. The molecule has 5 aliphatic carbocycles. The average molecular weight is 233 g/mol. The Hall–Kier alpha value is -0.0400. The molecule has 0 aliphatic heterocycles. The van der Waals surface area contributed by atoms with Crippen LogP contribution in [0.15, 0.2) is 0 Å². The summed E-state index contributed by atoms with van der Waals surface area (Å²) >= 11 is 0. The lowest BCUT2D eigenvalue weighted by atomic mass is 9.38. The molecule has 5 saturated carbocycles. The molecule has 0 aromatic heterocycles. The van der Waals surface area contributed by atoms with Crippen molar-refractivity contribution in [2.75, 3.05) is 7.05 Å². The zero-order chi connectivity index (χ0) is 11.8. The molecule has 0 aromatic carbocycles. The van der Waals surface area contributed by atoms with Gasteiger partial charge in [-0.3, -0.25) is 0 Å². The maximum Gasteiger partial charge on any atom is 0.0240 e. The van der Waals surface area contributed by atoms with Crippen LogP contribution in [0.25, 0.3) is 0 Å². The van der Waals surface area contributed by atoms with E-state index in [1.807, 2.05) is 0 Å². The molecule has 5 fully saturated rings.